The van der Waals surface area contributed by atoms with Crippen molar-refractivity contribution in [2.24, 2.45) is 23.0 Å². The molecule has 0 aliphatic carbocycles. The van der Waals surface area contributed by atoms with Crippen molar-refractivity contribution in [1.29, 1.82) is 0 Å². The van der Waals surface area contributed by atoms with Gasteiger partial charge >= 0.3 is 0 Å². The Bertz CT molecular complexity index is 200. The first-order chi connectivity index (χ1) is 6.80. The molecule has 3 nitrogen and oxygen atoms in total. The summed E-state index contributed by atoms with van der Waals surface area (Å²) in [6, 6.07) is 0. The molecule has 0 aromatic rings. The van der Waals surface area contributed by atoms with Crippen molar-refractivity contribution in [3.8, 4) is 0 Å². The van der Waals surface area contributed by atoms with Crippen molar-refractivity contribution >= 4 is 5.91 Å². The van der Waals surface area contributed by atoms with Crippen molar-refractivity contribution in [2.75, 3.05) is 13.1 Å². The molecule has 0 spiro atoms. The van der Waals surface area contributed by atoms with Gasteiger partial charge in [0.25, 0.3) is 0 Å². The number of carbonyl (C=O) groups excluding carboxylic acids is 1. The molecule has 3 N–H and O–H groups in total. The monoisotopic (exact) mass is 214 g/mol. The molecule has 15 heavy (non-hydrogen) atoms. The molecule has 0 fully saturated rings. The predicted molar refractivity (Wildman–Crippen MR) is 64.5 cm³/mol. The highest BCUT2D eigenvalue weighted by atomic mass is 16.1. The van der Waals surface area contributed by atoms with E-state index in [9.17, 15) is 4.79 Å². The highest BCUT2D eigenvalue weighted by Crippen LogP contribution is 2.18. The van der Waals surface area contributed by atoms with Gasteiger partial charge in [0.1, 0.15) is 0 Å². The lowest BCUT2D eigenvalue weighted by Gasteiger charge is -2.25. The number of hydrogen-bond acceptors (Lipinski definition) is 2. The molecule has 3 heteroatoms. The van der Waals surface area contributed by atoms with Gasteiger partial charge in [-0.25, -0.2) is 0 Å². The van der Waals surface area contributed by atoms with E-state index in [0.29, 0.717) is 19.0 Å². The summed E-state index contributed by atoms with van der Waals surface area (Å²) in [5.41, 5.74) is 5.61. The summed E-state index contributed by atoms with van der Waals surface area (Å²) in [4.78, 5) is 11.7. The highest BCUT2D eigenvalue weighted by molar-refractivity contribution is 5.78. The third kappa shape index (κ3) is 5.78. The van der Waals surface area contributed by atoms with Gasteiger partial charge in [0.05, 0.1) is 0 Å². The molecule has 0 rings (SSSR count). The Kier molecular flexibility index (Phi) is 5.88. The maximum absolute atomic E-state index is 11.7. The van der Waals surface area contributed by atoms with Crippen LogP contribution < -0.4 is 11.1 Å². The number of nitrogens with one attached hydrogen (secondary N) is 1. The molecule has 0 aliphatic rings. The van der Waals surface area contributed by atoms with Crippen molar-refractivity contribution in [3.63, 3.8) is 0 Å². The maximum atomic E-state index is 11.7. The lowest BCUT2D eigenvalue weighted by Crippen LogP contribution is -2.39. The molecular formula is C12H26N2O. The number of hydrogen-bond donors (Lipinski definition) is 2. The van der Waals surface area contributed by atoms with Crippen molar-refractivity contribution in [3.05, 3.63) is 0 Å². The molecule has 0 saturated carbocycles. The van der Waals surface area contributed by atoms with Gasteiger partial charge in [0, 0.05) is 12.5 Å². The Morgan fingerprint density at radius 3 is 2.27 bits per heavy atom. The smallest absolute Gasteiger partial charge is 0.223 e. The Labute approximate surface area is 93.8 Å². The van der Waals surface area contributed by atoms with Crippen LogP contribution in [0.25, 0.3) is 0 Å². The van der Waals surface area contributed by atoms with Crippen LogP contribution in [0.4, 0.5) is 0 Å². The van der Waals surface area contributed by atoms with E-state index in [1.807, 2.05) is 6.92 Å². The van der Waals surface area contributed by atoms with E-state index in [0.717, 1.165) is 6.42 Å². The molecule has 0 radical (unpaired) electrons. The van der Waals surface area contributed by atoms with Gasteiger partial charge in [-0.3, -0.25) is 4.79 Å². The normalized spacial score (nSPS) is 14.1. The van der Waals surface area contributed by atoms with E-state index in [1.165, 1.54) is 0 Å². The van der Waals surface area contributed by atoms with Crippen LogP contribution in [0.1, 0.15) is 41.0 Å². The predicted octanol–water partition coefficient (Wildman–Crippen LogP) is 1.77. The van der Waals surface area contributed by atoms with E-state index in [1.54, 1.807) is 0 Å². The van der Waals surface area contributed by atoms with E-state index >= 15 is 0 Å². The van der Waals surface area contributed by atoms with Gasteiger partial charge in [0.15, 0.2) is 0 Å². The lowest BCUT2D eigenvalue weighted by molar-refractivity contribution is -0.126. The molecule has 0 aliphatic heterocycles. The average Bonchev–Trinajstić information content (AvgIpc) is 2.13. The zero-order valence-electron chi connectivity index (χ0n) is 10.8. The third-order valence-corrected chi connectivity index (χ3v) is 2.98. The third-order valence-electron chi connectivity index (χ3n) is 2.98. The minimum absolute atomic E-state index is 0.0821. The van der Waals surface area contributed by atoms with Crippen LogP contribution in [-0.2, 0) is 4.79 Å². The summed E-state index contributed by atoms with van der Waals surface area (Å²) < 4.78 is 0. The summed E-state index contributed by atoms with van der Waals surface area (Å²) in [5.74, 6) is 0.622. The minimum Gasteiger partial charge on any atom is -0.355 e. The van der Waals surface area contributed by atoms with E-state index in [-0.39, 0.29) is 17.2 Å². The SMILES string of the molecule is CC(C)C(C)C(=O)NCC(C)(C)CCN. The number of amides is 1. The summed E-state index contributed by atoms with van der Waals surface area (Å²) in [7, 11) is 0. The van der Waals surface area contributed by atoms with Crippen LogP contribution in [0.3, 0.4) is 0 Å². The summed E-state index contributed by atoms with van der Waals surface area (Å²) >= 11 is 0. The first-order valence-electron chi connectivity index (χ1n) is 5.78. The quantitative estimate of drug-likeness (QED) is 0.708. The fourth-order valence-electron chi connectivity index (χ4n) is 1.27. The molecule has 1 atom stereocenters. The Morgan fingerprint density at radius 2 is 1.87 bits per heavy atom. The second kappa shape index (κ2) is 6.11. The van der Waals surface area contributed by atoms with Crippen LogP contribution in [0, 0.1) is 17.3 Å². The van der Waals surface area contributed by atoms with Gasteiger partial charge in [-0.15, -0.1) is 0 Å². The van der Waals surface area contributed by atoms with E-state index in [4.69, 9.17) is 5.73 Å². The lowest BCUT2D eigenvalue weighted by atomic mass is 9.89. The topological polar surface area (TPSA) is 55.1 Å². The molecule has 0 saturated heterocycles. The molecule has 90 valence electrons. The highest BCUT2D eigenvalue weighted by Gasteiger charge is 2.21. The van der Waals surface area contributed by atoms with Crippen molar-refractivity contribution < 1.29 is 4.79 Å². The van der Waals surface area contributed by atoms with Gasteiger partial charge in [-0.05, 0) is 24.3 Å². The number of rotatable bonds is 6. The Morgan fingerprint density at radius 1 is 1.33 bits per heavy atom. The average molecular weight is 214 g/mol. The van der Waals surface area contributed by atoms with Gasteiger partial charge in [-0.1, -0.05) is 34.6 Å². The van der Waals surface area contributed by atoms with Crippen molar-refractivity contribution in [2.45, 2.75) is 41.0 Å². The van der Waals surface area contributed by atoms with Crippen LogP contribution in [0.15, 0.2) is 0 Å². The second-order valence-corrected chi connectivity index (χ2v) is 5.45. The standard InChI is InChI=1S/C12H26N2O/c1-9(2)10(3)11(15)14-8-12(4,5)6-7-13/h9-10H,6-8,13H2,1-5H3,(H,14,15). The first kappa shape index (κ1) is 14.4. The number of carbonyl (C=O) groups is 1. The van der Waals surface area contributed by atoms with E-state index in [2.05, 4.69) is 33.0 Å². The molecule has 1 amide bonds. The van der Waals surface area contributed by atoms with Gasteiger partial charge in [-0.2, -0.15) is 0 Å². The zero-order valence-corrected chi connectivity index (χ0v) is 10.8. The molecule has 0 heterocycles. The van der Waals surface area contributed by atoms with Gasteiger partial charge in [0.2, 0.25) is 5.91 Å². The fraction of sp³-hybridized carbons (Fsp3) is 0.917. The maximum Gasteiger partial charge on any atom is 0.223 e. The fourth-order valence-corrected chi connectivity index (χ4v) is 1.27. The summed E-state index contributed by atoms with van der Waals surface area (Å²) in [6.45, 7) is 11.7. The van der Waals surface area contributed by atoms with Crippen LogP contribution in [0.2, 0.25) is 0 Å². The minimum atomic E-state index is 0.0821. The molecule has 0 aromatic carbocycles. The Balaban J connectivity index is 4.00. The molecule has 0 aromatic heterocycles. The van der Waals surface area contributed by atoms with Crippen LogP contribution in [-0.4, -0.2) is 19.0 Å². The van der Waals surface area contributed by atoms with E-state index < -0.39 is 0 Å². The molecule has 1 unspecified atom stereocenters. The van der Waals surface area contributed by atoms with Crippen LogP contribution in [0.5, 0.6) is 0 Å². The van der Waals surface area contributed by atoms with Gasteiger partial charge < -0.3 is 11.1 Å². The number of nitrogens with two attached hydrogens (primary N) is 1. The summed E-state index contributed by atoms with van der Waals surface area (Å²) in [6.07, 6.45) is 0.934. The molecular weight excluding hydrogens is 188 g/mol. The Hall–Kier alpha value is -0.570. The van der Waals surface area contributed by atoms with Crippen molar-refractivity contribution in [1.82, 2.24) is 5.32 Å². The molecule has 0 bridgehead atoms. The second-order valence-electron chi connectivity index (χ2n) is 5.45. The zero-order chi connectivity index (χ0) is 12.1. The largest absolute Gasteiger partial charge is 0.355 e. The summed E-state index contributed by atoms with van der Waals surface area (Å²) in [5, 5.41) is 2.99. The van der Waals surface area contributed by atoms with Crippen LogP contribution >= 0.6 is 0 Å². The first-order valence-corrected chi connectivity index (χ1v) is 5.78.